The van der Waals surface area contributed by atoms with Crippen molar-refractivity contribution < 1.29 is 28.7 Å². The molecule has 4 rings (SSSR count). The summed E-state index contributed by atoms with van der Waals surface area (Å²) in [6.07, 6.45) is 0.000881. The van der Waals surface area contributed by atoms with Crippen molar-refractivity contribution in [1.82, 2.24) is 5.32 Å². The standard InChI is InChI=1S/C32H30N2O7/c1-39-32(36)28(33-31(35)20-25-13-8-14-27(17-25)34(37)38)18-26-15-16-29(40-21-23-9-4-2-5-10-23)30(19-26)41-22-24-11-6-3-7-12-24/h2-17,19,28H,18,20-22H2,1H3,(H,33,35)/t28-/m0/s1. The summed E-state index contributed by atoms with van der Waals surface area (Å²) in [4.78, 5) is 35.9. The van der Waals surface area contributed by atoms with Crippen LogP contribution < -0.4 is 14.8 Å². The van der Waals surface area contributed by atoms with Gasteiger partial charge in [-0.1, -0.05) is 78.9 Å². The molecule has 4 aromatic rings. The van der Waals surface area contributed by atoms with Gasteiger partial charge in [0.2, 0.25) is 5.91 Å². The molecule has 0 unspecified atom stereocenters. The van der Waals surface area contributed by atoms with Gasteiger partial charge in [-0.05, 0) is 34.4 Å². The van der Waals surface area contributed by atoms with Gasteiger partial charge in [0.1, 0.15) is 19.3 Å². The lowest BCUT2D eigenvalue weighted by Gasteiger charge is -2.19. The second-order valence-corrected chi connectivity index (χ2v) is 9.28. The van der Waals surface area contributed by atoms with E-state index >= 15 is 0 Å². The van der Waals surface area contributed by atoms with Crippen LogP contribution in [0.25, 0.3) is 0 Å². The van der Waals surface area contributed by atoms with Crippen LogP contribution in [0.5, 0.6) is 11.5 Å². The van der Waals surface area contributed by atoms with Crippen LogP contribution in [0.4, 0.5) is 5.69 Å². The minimum Gasteiger partial charge on any atom is -0.485 e. The van der Waals surface area contributed by atoms with E-state index in [1.807, 2.05) is 60.7 Å². The third-order valence-corrected chi connectivity index (χ3v) is 6.23. The van der Waals surface area contributed by atoms with E-state index < -0.39 is 22.8 Å². The Morgan fingerprint density at radius 1 is 0.756 bits per heavy atom. The molecule has 0 fully saturated rings. The minimum absolute atomic E-state index is 0.113. The summed E-state index contributed by atoms with van der Waals surface area (Å²) in [5, 5.41) is 13.8. The Hall–Kier alpha value is -5.18. The normalized spacial score (nSPS) is 11.2. The number of hydrogen-bond donors (Lipinski definition) is 1. The molecular formula is C32H30N2O7. The Labute approximate surface area is 237 Å². The molecule has 1 N–H and O–H groups in total. The Morgan fingerprint density at radius 3 is 1.98 bits per heavy atom. The lowest BCUT2D eigenvalue weighted by molar-refractivity contribution is -0.384. The predicted octanol–water partition coefficient (Wildman–Crippen LogP) is 5.20. The molecule has 0 aliphatic carbocycles. The number of ether oxygens (including phenoxy) is 3. The first kappa shape index (κ1) is 28.8. The van der Waals surface area contributed by atoms with Crippen LogP contribution in [-0.2, 0) is 40.4 Å². The molecule has 0 aliphatic rings. The van der Waals surface area contributed by atoms with Gasteiger partial charge in [0.05, 0.1) is 18.5 Å². The molecule has 0 heterocycles. The van der Waals surface area contributed by atoms with E-state index in [2.05, 4.69) is 5.32 Å². The van der Waals surface area contributed by atoms with Crippen LogP contribution in [0.2, 0.25) is 0 Å². The summed E-state index contributed by atoms with van der Waals surface area (Å²) >= 11 is 0. The lowest BCUT2D eigenvalue weighted by atomic mass is 10.0. The highest BCUT2D eigenvalue weighted by Crippen LogP contribution is 2.31. The molecular weight excluding hydrogens is 524 g/mol. The maximum atomic E-state index is 12.8. The molecule has 0 saturated heterocycles. The first-order valence-electron chi connectivity index (χ1n) is 13.0. The minimum atomic E-state index is -0.982. The molecule has 0 radical (unpaired) electrons. The monoisotopic (exact) mass is 554 g/mol. The van der Waals surface area contributed by atoms with Gasteiger partial charge in [-0.25, -0.2) is 4.79 Å². The van der Waals surface area contributed by atoms with E-state index in [1.54, 1.807) is 24.3 Å². The molecule has 4 aromatic carbocycles. The zero-order chi connectivity index (χ0) is 29.0. The molecule has 0 spiro atoms. The number of amides is 1. The third-order valence-electron chi connectivity index (χ3n) is 6.23. The van der Waals surface area contributed by atoms with Gasteiger partial charge in [-0.2, -0.15) is 0 Å². The summed E-state index contributed by atoms with van der Waals surface area (Å²) in [5.74, 6) is -0.0514. The van der Waals surface area contributed by atoms with E-state index in [0.29, 0.717) is 35.8 Å². The highest BCUT2D eigenvalue weighted by atomic mass is 16.6. The number of nitro groups is 1. The number of nitro benzene ring substituents is 1. The average Bonchev–Trinajstić information content (AvgIpc) is 3.00. The Bertz CT molecular complexity index is 1480. The maximum Gasteiger partial charge on any atom is 0.328 e. The smallest absolute Gasteiger partial charge is 0.328 e. The van der Waals surface area contributed by atoms with Crippen LogP contribution in [0.3, 0.4) is 0 Å². The van der Waals surface area contributed by atoms with Gasteiger partial charge in [0.25, 0.3) is 5.69 Å². The Morgan fingerprint density at radius 2 is 1.37 bits per heavy atom. The Kier molecular flexibility index (Phi) is 10.0. The van der Waals surface area contributed by atoms with Crippen molar-refractivity contribution in [3.8, 4) is 11.5 Å². The zero-order valence-electron chi connectivity index (χ0n) is 22.5. The van der Waals surface area contributed by atoms with Gasteiger partial charge >= 0.3 is 5.97 Å². The van der Waals surface area contributed by atoms with Crippen LogP contribution >= 0.6 is 0 Å². The van der Waals surface area contributed by atoms with E-state index in [9.17, 15) is 19.7 Å². The van der Waals surface area contributed by atoms with Gasteiger partial charge in [-0.15, -0.1) is 0 Å². The molecule has 0 saturated carbocycles. The Balaban J connectivity index is 1.50. The van der Waals surface area contributed by atoms with Crippen molar-refractivity contribution in [2.24, 2.45) is 0 Å². The first-order chi connectivity index (χ1) is 19.9. The number of carbonyl (C=O) groups excluding carboxylic acids is 2. The number of non-ortho nitro benzene ring substituents is 1. The van der Waals surface area contributed by atoms with Crippen LogP contribution in [0, 0.1) is 10.1 Å². The number of nitrogens with one attached hydrogen (secondary N) is 1. The maximum absolute atomic E-state index is 12.8. The molecule has 9 nitrogen and oxygen atoms in total. The van der Waals surface area contributed by atoms with E-state index in [4.69, 9.17) is 14.2 Å². The third kappa shape index (κ3) is 8.66. The fraction of sp³-hybridized carbons (Fsp3) is 0.188. The number of hydrogen-bond acceptors (Lipinski definition) is 7. The molecule has 0 bridgehead atoms. The summed E-state index contributed by atoms with van der Waals surface area (Å²) in [7, 11) is 1.25. The molecule has 1 amide bonds. The number of benzene rings is 4. The molecule has 210 valence electrons. The summed E-state index contributed by atoms with van der Waals surface area (Å²) in [5.41, 5.74) is 3.04. The van der Waals surface area contributed by atoms with Crippen molar-refractivity contribution in [2.75, 3.05) is 7.11 Å². The largest absolute Gasteiger partial charge is 0.485 e. The second-order valence-electron chi connectivity index (χ2n) is 9.28. The summed E-state index contributed by atoms with van der Waals surface area (Å²) in [6, 6.07) is 29.6. The van der Waals surface area contributed by atoms with Gasteiger partial charge in [0.15, 0.2) is 11.5 Å². The molecule has 1 atom stereocenters. The first-order valence-corrected chi connectivity index (χ1v) is 13.0. The highest BCUT2D eigenvalue weighted by molar-refractivity contribution is 5.86. The van der Waals surface area contributed by atoms with Crippen molar-refractivity contribution >= 4 is 17.6 Å². The topological polar surface area (TPSA) is 117 Å². The van der Waals surface area contributed by atoms with E-state index in [0.717, 1.165) is 11.1 Å². The van der Waals surface area contributed by atoms with Crippen molar-refractivity contribution in [2.45, 2.75) is 32.1 Å². The highest BCUT2D eigenvalue weighted by Gasteiger charge is 2.23. The van der Waals surface area contributed by atoms with Gasteiger partial charge in [-0.3, -0.25) is 14.9 Å². The fourth-order valence-corrected chi connectivity index (χ4v) is 4.16. The zero-order valence-corrected chi connectivity index (χ0v) is 22.5. The van der Waals surface area contributed by atoms with Crippen molar-refractivity contribution in [3.05, 3.63) is 135 Å². The molecule has 0 aromatic heterocycles. The SMILES string of the molecule is COC(=O)[C@H](Cc1ccc(OCc2ccccc2)c(OCc2ccccc2)c1)NC(=O)Cc1cccc([N+](=O)[O-])c1. The van der Waals surface area contributed by atoms with E-state index in [-0.39, 0.29) is 18.5 Å². The predicted molar refractivity (Wildman–Crippen MR) is 152 cm³/mol. The van der Waals surface area contributed by atoms with Crippen LogP contribution in [-0.4, -0.2) is 30.0 Å². The van der Waals surface area contributed by atoms with Crippen molar-refractivity contribution in [3.63, 3.8) is 0 Å². The number of nitrogens with zero attached hydrogens (tertiary/aromatic N) is 1. The second kappa shape index (κ2) is 14.3. The number of carbonyl (C=O) groups is 2. The van der Waals surface area contributed by atoms with Gasteiger partial charge in [0, 0.05) is 18.6 Å². The van der Waals surface area contributed by atoms with Gasteiger partial charge < -0.3 is 19.5 Å². The number of esters is 1. The summed E-state index contributed by atoms with van der Waals surface area (Å²) < 4.78 is 17.1. The average molecular weight is 555 g/mol. The molecule has 41 heavy (non-hydrogen) atoms. The number of methoxy groups -OCH3 is 1. The fourth-order valence-electron chi connectivity index (χ4n) is 4.16. The van der Waals surface area contributed by atoms with Crippen LogP contribution in [0.1, 0.15) is 22.3 Å². The van der Waals surface area contributed by atoms with E-state index in [1.165, 1.54) is 25.3 Å². The molecule has 0 aliphatic heterocycles. The number of rotatable bonds is 13. The lowest BCUT2D eigenvalue weighted by Crippen LogP contribution is -2.43. The molecule has 9 heteroatoms. The quantitative estimate of drug-likeness (QED) is 0.137. The van der Waals surface area contributed by atoms with Crippen LogP contribution in [0.15, 0.2) is 103 Å². The summed E-state index contributed by atoms with van der Waals surface area (Å²) in [6.45, 7) is 0.659. The van der Waals surface area contributed by atoms with Crippen molar-refractivity contribution in [1.29, 1.82) is 0 Å².